The number of H-pyrrole nitrogens is 2. The Balaban J connectivity index is 1.40. The SMILES string of the molecule is CCN(Cc1cccc2[nH]ncc12)c1ncc(F)c(Nc2cc(C3CC3)[nH]n2)n1. The highest BCUT2D eigenvalue weighted by molar-refractivity contribution is 5.81. The summed E-state index contributed by atoms with van der Waals surface area (Å²) in [5.74, 6) is 1.16. The fourth-order valence-corrected chi connectivity index (χ4v) is 3.42. The summed E-state index contributed by atoms with van der Waals surface area (Å²) < 4.78 is 14.3. The summed E-state index contributed by atoms with van der Waals surface area (Å²) in [4.78, 5) is 10.6. The van der Waals surface area contributed by atoms with Gasteiger partial charge in [0.05, 0.1) is 17.9 Å². The van der Waals surface area contributed by atoms with Crippen LogP contribution in [0.1, 0.15) is 36.9 Å². The zero-order valence-corrected chi connectivity index (χ0v) is 16.0. The molecule has 3 N–H and O–H groups in total. The lowest BCUT2D eigenvalue weighted by Gasteiger charge is -2.21. The van der Waals surface area contributed by atoms with E-state index >= 15 is 0 Å². The molecule has 1 aliphatic carbocycles. The van der Waals surface area contributed by atoms with E-state index in [4.69, 9.17) is 0 Å². The van der Waals surface area contributed by atoms with Crippen LogP contribution in [0.3, 0.4) is 0 Å². The van der Waals surface area contributed by atoms with E-state index in [0.717, 1.165) is 22.2 Å². The van der Waals surface area contributed by atoms with Crippen LogP contribution in [0.2, 0.25) is 0 Å². The van der Waals surface area contributed by atoms with E-state index in [2.05, 4.69) is 35.7 Å². The minimum atomic E-state index is -0.516. The number of anilines is 3. The van der Waals surface area contributed by atoms with E-state index in [1.165, 1.54) is 19.0 Å². The Morgan fingerprint density at radius 2 is 2.14 bits per heavy atom. The number of aromatic amines is 2. The largest absolute Gasteiger partial charge is 0.337 e. The summed E-state index contributed by atoms with van der Waals surface area (Å²) in [6.45, 7) is 3.28. The number of benzene rings is 1. The van der Waals surface area contributed by atoms with Gasteiger partial charge in [-0.25, -0.2) is 9.37 Å². The topological polar surface area (TPSA) is 98.4 Å². The number of nitrogens with zero attached hydrogens (tertiary/aromatic N) is 5. The Morgan fingerprint density at radius 3 is 2.97 bits per heavy atom. The van der Waals surface area contributed by atoms with Gasteiger partial charge in [-0.2, -0.15) is 15.2 Å². The molecule has 0 unspecified atom stereocenters. The van der Waals surface area contributed by atoms with Crippen molar-refractivity contribution in [1.82, 2.24) is 30.4 Å². The van der Waals surface area contributed by atoms with Gasteiger partial charge in [-0.1, -0.05) is 12.1 Å². The molecule has 0 saturated heterocycles. The summed E-state index contributed by atoms with van der Waals surface area (Å²) >= 11 is 0. The molecule has 1 saturated carbocycles. The molecule has 148 valence electrons. The smallest absolute Gasteiger partial charge is 0.227 e. The fourth-order valence-electron chi connectivity index (χ4n) is 3.42. The first-order valence-corrected chi connectivity index (χ1v) is 9.72. The summed E-state index contributed by atoms with van der Waals surface area (Å²) in [6.07, 6.45) is 5.34. The molecule has 29 heavy (non-hydrogen) atoms. The first-order valence-electron chi connectivity index (χ1n) is 9.72. The molecule has 1 aliphatic rings. The molecule has 0 bridgehead atoms. The van der Waals surface area contributed by atoms with Crippen LogP contribution in [-0.2, 0) is 6.54 Å². The van der Waals surface area contributed by atoms with Gasteiger partial charge in [-0.3, -0.25) is 10.2 Å². The molecular formula is C20H21FN8. The predicted molar refractivity (Wildman–Crippen MR) is 109 cm³/mol. The molecule has 0 radical (unpaired) electrons. The van der Waals surface area contributed by atoms with Crippen molar-refractivity contribution in [1.29, 1.82) is 0 Å². The van der Waals surface area contributed by atoms with Gasteiger partial charge in [-0.05, 0) is 31.4 Å². The number of fused-ring (bicyclic) bond motifs is 1. The minimum Gasteiger partial charge on any atom is -0.337 e. The lowest BCUT2D eigenvalue weighted by Crippen LogP contribution is -2.24. The zero-order chi connectivity index (χ0) is 19.8. The second kappa shape index (κ2) is 7.16. The highest BCUT2D eigenvalue weighted by Crippen LogP contribution is 2.39. The number of halogens is 1. The van der Waals surface area contributed by atoms with Crippen molar-refractivity contribution in [2.45, 2.75) is 32.2 Å². The molecular weight excluding hydrogens is 371 g/mol. The second-order valence-electron chi connectivity index (χ2n) is 7.24. The normalized spacial score (nSPS) is 13.7. The highest BCUT2D eigenvalue weighted by atomic mass is 19.1. The lowest BCUT2D eigenvalue weighted by molar-refractivity contribution is 0.616. The van der Waals surface area contributed by atoms with E-state index < -0.39 is 5.82 Å². The zero-order valence-electron chi connectivity index (χ0n) is 16.0. The van der Waals surface area contributed by atoms with Crippen LogP contribution in [-0.4, -0.2) is 36.9 Å². The van der Waals surface area contributed by atoms with Crippen molar-refractivity contribution in [2.24, 2.45) is 0 Å². The maximum atomic E-state index is 14.3. The Kier molecular flexibility index (Phi) is 4.34. The van der Waals surface area contributed by atoms with E-state index in [1.54, 1.807) is 0 Å². The second-order valence-corrected chi connectivity index (χ2v) is 7.24. The van der Waals surface area contributed by atoms with Crippen molar-refractivity contribution >= 4 is 28.5 Å². The molecule has 9 heteroatoms. The third-order valence-electron chi connectivity index (χ3n) is 5.19. The summed E-state index contributed by atoms with van der Waals surface area (Å²) in [5, 5.41) is 18.3. The number of rotatable bonds is 7. The summed E-state index contributed by atoms with van der Waals surface area (Å²) in [7, 11) is 0. The molecule has 5 rings (SSSR count). The third kappa shape index (κ3) is 3.51. The Hall–Kier alpha value is -3.49. The van der Waals surface area contributed by atoms with E-state index in [0.29, 0.717) is 30.8 Å². The number of nitrogens with one attached hydrogen (secondary N) is 3. The summed E-state index contributed by atoms with van der Waals surface area (Å²) in [5.41, 5.74) is 3.15. The maximum absolute atomic E-state index is 14.3. The summed E-state index contributed by atoms with van der Waals surface area (Å²) in [6, 6.07) is 7.93. The maximum Gasteiger partial charge on any atom is 0.227 e. The van der Waals surface area contributed by atoms with Gasteiger partial charge in [0.2, 0.25) is 5.95 Å². The lowest BCUT2D eigenvalue weighted by atomic mass is 10.1. The molecule has 0 amide bonds. The van der Waals surface area contributed by atoms with Crippen molar-refractivity contribution in [3.8, 4) is 0 Å². The van der Waals surface area contributed by atoms with Gasteiger partial charge in [0.1, 0.15) is 0 Å². The molecule has 3 heterocycles. The molecule has 1 fully saturated rings. The van der Waals surface area contributed by atoms with Gasteiger partial charge in [0.25, 0.3) is 0 Å². The van der Waals surface area contributed by atoms with Crippen LogP contribution in [0.4, 0.5) is 22.0 Å². The van der Waals surface area contributed by atoms with Gasteiger partial charge < -0.3 is 10.2 Å². The van der Waals surface area contributed by atoms with Gasteiger partial charge in [0, 0.05) is 36.2 Å². The average molecular weight is 392 g/mol. The van der Waals surface area contributed by atoms with Crippen LogP contribution < -0.4 is 10.2 Å². The Bertz CT molecular complexity index is 1150. The van der Waals surface area contributed by atoms with Crippen LogP contribution in [0.15, 0.2) is 36.7 Å². The number of hydrogen-bond acceptors (Lipinski definition) is 6. The first-order chi connectivity index (χ1) is 14.2. The molecule has 0 spiro atoms. The number of aromatic nitrogens is 6. The van der Waals surface area contributed by atoms with E-state index in [9.17, 15) is 4.39 Å². The van der Waals surface area contributed by atoms with Gasteiger partial charge >= 0.3 is 0 Å². The molecule has 1 aromatic carbocycles. The van der Waals surface area contributed by atoms with Crippen molar-refractivity contribution in [3.63, 3.8) is 0 Å². The standard InChI is InChI=1S/C20H21FN8/c1-2-29(11-13-4-3-5-16-14(13)9-23-26-16)20-22-10-15(21)19(25-20)24-18-8-17(27-28-18)12-6-7-12/h3-5,8-10,12H,2,6-7,11H2,1H3,(H,23,26)(H2,22,24,25,27,28). The minimum absolute atomic E-state index is 0.115. The third-order valence-corrected chi connectivity index (χ3v) is 5.19. The molecule has 4 aromatic rings. The fraction of sp³-hybridized carbons (Fsp3) is 0.300. The number of hydrogen-bond donors (Lipinski definition) is 3. The van der Waals surface area contributed by atoms with Crippen LogP contribution in [0.25, 0.3) is 10.9 Å². The highest BCUT2D eigenvalue weighted by Gasteiger charge is 2.25. The molecule has 3 aromatic heterocycles. The Labute approximate surface area is 166 Å². The van der Waals surface area contributed by atoms with Gasteiger partial charge in [0.15, 0.2) is 17.5 Å². The Morgan fingerprint density at radius 1 is 1.24 bits per heavy atom. The predicted octanol–water partition coefficient (Wildman–Crippen LogP) is 3.86. The van der Waals surface area contributed by atoms with Crippen molar-refractivity contribution in [2.75, 3.05) is 16.8 Å². The van der Waals surface area contributed by atoms with Crippen molar-refractivity contribution in [3.05, 3.63) is 53.7 Å². The molecule has 0 aliphatic heterocycles. The van der Waals surface area contributed by atoms with Crippen LogP contribution in [0.5, 0.6) is 0 Å². The van der Waals surface area contributed by atoms with Gasteiger partial charge in [-0.15, -0.1) is 0 Å². The first kappa shape index (κ1) is 17.6. The molecule has 0 atom stereocenters. The van der Waals surface area contributed by atoms with E-state index in [-0.39, 0.29) is 5.82 Å². The van der Waals surface area contributed by atoms with E-state index in [1.807, 2.05) is 42.3 Å². The van der Waals surface area contributed by atoms with Crippen LogP contribution >= 0.6 is 0 Å². The quantitative estimate of drug-likeness (QED) is 0.442. The van der Waals surface area contributed by atoms with Crippen molar-refractivity contribution < 1.29 is 4.39 Å². The monoisotopic (exact) mass is 392 g/mol. The molecule has 8 nitrogen and oxygen atoms in total. The van der Waals surface area contributed by atoms with Crippen LogP contribution in [0, 0.1) is 5.82 Å². The average Bonchev–Trinajstić information content (AvgIpc) is 3.28.